The molecule has 1 fully saturated rings. The lowest BCUT2D eigenvalue weighted by Crippen LogP contribution is -2.30. The molecule has 0 N–H and O–H groups in total. The van der Waals surface area contributed by atoms with Gasteiger partial charge in [-0.1, -0.05) is 18.2 Å². The van der Waals surface area contributed by atoms with Gasteiger partial charge >= 0.3 is 0 Å². The van der Waals surface area contributed by atoms with Crippen LogP contribution in [0.1, 0.15) is 29.4 Å². The van der Waals surface area contributed by atoms with E-state index in [4.69, 9.17) is 0 Å². The fourth-order valence-corrected chi connectivity index (χ4v) is 3.71. The minimum atomic E-state index is 0.173. The van der Waals surface area contributed by atoms with Gasteiger partial charge in [-0.15, -0.1) is 0 Å². The van der Waals surface area contributed by atoms with Crippen molar-refractivity contribution in [3.8, 4) is 5.69 Å². The molecule has 1 saturated heterocycles. The van der Waals surface area contributed by atoms with E-state index in [2.05, 4.69) is 14.6 Å². The second kappa shape index (κ2) is 6.78. The number of para-hydroxylation sites is 1. The number of carbonyl (C=O) groups is 1. The van der Waals surface area contributed by atoms with Crippen molar-refractivity contribution in [3.05, 3.63) is 66.0 Å². The minimum Gasteiger partial charge on any atom is -0.340 e. The molecule has 6 nitrogen and oxygen atoms in total. The number of hydrogen-bond donors (Lipinski definition) is 0. The molecule has 1 aliphatic heterocycles. The highest BCUT2D eigenvalue weighted by Crippen LogP contribution is 2.24. The molecule has 0 bridgehead atoms. The van der Waals surface area contributed by atoms with Crippen LogP contribution in [0.3, 0.4) is 0 Å². The minimum absolute atomic E-state index is 0.173. The maximum atomic E-state index is 12.8. The summed E-state index contributed by atoms with van der Waals surface area (Å²) < 4.78 is 4.02. The van der Waals surface area contributed by atoms with Crippen molar-refractivity contribution in [1.82, 2.24) is 24.2 Å². The fourth-order valence-electron chi connectivity index (χ4n) is 3.71. The highest BCUT2D eigenvalue weighted by atomic mass is 16.2. The maximum Gasteiger partial charge on any atom is 0.227 e. The number of likely N-dealkylation sites (tertiary alicyclic amines) is 1. The molecule has 1 aromatic carbocycles. The van der Waals surface area contributed by atoms with E-state index in [1.807, 2.05) is 66.3 Å². The number of imidazole rings is 1. The Morgan fingerprint density at radius 1 is 1.23 bits per heavy atom. The lowest BCUT2D eigenvalue weighted by atomic mass is 10.1. The second-order valence-electron chi connectivity index (χ2n) is 6.87. The largest absolute Gasteiger partial charge is 0.340 e. The molecule has 134 valence electrons. The number of rotatable bonds is 4. The van der Waals surface area contributed by atoms with Gasteiger partial charge in [-0.3, -0.25) is 4.79 Å². The summed E-state index contributed by atoms with van der Waals surface area (Å²) in [6, 6.07) is 10.4. The van der Waals surface area contributed by atoms with Crippen molar-refractivity contribution in [3.63, 3.8) is 0 Å². The summed E-state index contributed by atoms with van der Waals surface area (Å²) in [6.07, 6.45) is 6.97. The van der Waals surface area contributed by atoms with Crippen molar-refractivity contribution in [2.45, 2.75) is 32.7 Å². The SMILES string of the molecule is Cc1nn(-c2ccccc2)c(C)c1CC(=O)N1CC[C@H](n2ccnc2)C1. The van der Waals surface area contributed by atoms with Crippen LogP contribution in [0.4, 0.5) is 0 Å². The van der Waals surface area contributed by atoms with Crippen molar-refractivity contribution in [1.29, 1.82) is 0 Å². The van der Waals surface area contributed by atoms with Crippen LogP contribution >= 0.6 is 0 Å². The first-order chi connectivity index (χ1) is 12.6. The van der Waals surface area contributed by atoms with Gasteiger partial charge in [0.1, 0.15) is 0 Å². The Bertz CT molecular complexity index is 898. The lowest BCUT2D eigenvalue weighted by molar-refractivity contribution is -0.129. The molecule has 1 aliphatic rings. The quantitative estimate of drug-likeness (QED) is 0.728. The molecule has 0 aliphatic carbocycles. The van der Waals surface area contributed by atoms with E-state index in [-0.39, 0.29) is 5.91 Å². The van der Waals surface area contributed by atoms with E-state index >= 15 is 0 Å². The molecular weight excluding hydrogens is 326 g/mol. The summed E-state index contributed by atoms with van der Waals surface area (Å²) in [6.45, 7) is 5.56. The molecule has 1 amide bonds. The van der Waals surface area contributed by atoms with E-state index in [1.54, 1.807) is 6.20 Å². The molecule has 2 aromatic heterocycles. The Kier molecular flexibility index (Phi) is 4.32. The Labute approximate surface area is 153 Å². The van der Waals surface area contributed by atoms with Gasteiger partial charge in [0, 0.05) is 36.7 Å². The zero-order valence-electron chi connectivity index (χ0n) is 15.2. The fraction of sp³-hybridized carbons (Fsp3) is 0.350. The van der Waals surface area contributed by atoms with Crippen molar-refractivity contribution in [2.24, 2.45) is 0 Å². The van der Waals surface area contributed by atoms with E-state index in [1.165, 1.54) is 0 Å². The van der Waals surface area contributed by atoms with E-state index < -0.39 is 0 Å². The predicted molar refractivity (Wildman–Crippen MR) is 99.2 cm³/mol. The molecule has 0 saturated carbocycles. The molecule has 0 radical (unpaired) electrons. The molecule has 3 heterocycles. The third-order valence-electron chi connectivity index (χ3n) is 5.23. The average molecular weight is 349 g/mol. The standard InChI is InChI=1S/C20H23N5O/c1-15-19(16(2)25(22-15)17-6-4-3-5-7-17)12-20(26)23-10-8-18(13-23)24-11-9-21-14-24/h3-7,9,11,14,18H,8,10,12-13H2,1-2H3/t18-/m0/s1. The smallest absolute Gasteiger partial charge is 0.227 e. The van der Waals surface area contributed by atoms with Crippen LogP contribution in [-0.2, 0) is 11.2 Å². The van der Waals surface area contributed by atoms with Crippen molar-refractivity contribution < 1.29 is 4.79 Å². The van der Waals surface area contributed by atoms with Crippen LogP contribution in [0, 0.1) is 13.8 Å². The van der Waals surface area contributed by atoms with Crippen LogP contribution in [0.5, 0.6) is 0 Å². The van der Waals surface area contributed by atoms with Gasteiger partial charge in [0.15, 0.2) is 0 Å². The zero-order valence-corrected chi connectivity index (χ0v) is 15.2. The first kappa shape index (κ1) is 16.6. The number of amides is 1. The molecule has 3 aromatic rings. The Balaban J connectivity index is 1.49. The highest BCUT2D eigenvalue weighted by molar-refractivity contribution is 5.79. The number of hydrogen-bond acceptors (Lipinski definition) is 3. The summed E-state index contributed by atoms with van der Waals surface area (Å²) in [4.78, 5) is 18.9. The van der Waals surface area contributed by atoms with Crippen molar-refractivity contribution >= 4 is 5.91 Å². The predicted octanol–water partition coefficient (Wildman–Crippen LogP) is 2.70. The van der Waals surface area contributed by atoms with Crippen LogP contribution in [0.25, 0.3) is 5.69 Å². The molecule has 1 atom stereocenters. The number of carbonyl (C=O) groups excluding carboxylic acids is 1. The van der Waals surface area contributed by atoms with Gasteiger partial charge in [-0.05, 0) is 32.4 Å². The monoisotopic (exact) mass is 349 g/mol. The summed E-state index contributed by atoms with van der Waals surface area (Å²) >= 11 is 0. The number of aromatic nitrogens is 4. The summed E-state index contributed by atoms with van der Waals surface area (Å²) in [5.41, 5.74) is 4.01. The molecule has 26 heavy (non-hydrogen) atoms. The van der Waals surface area contributed by atoms with Gasteiger partial charge in [0.25, 0.3) is 0 Å². The molecule has 4 rings (SSSR count). The van der Waals surface area contributed by atoms with Gasteiger partial charge in [-0.2, -0.15) is 5.10 Å². The molecular formula is C20H23N5O. The Morgan fingerprint density at radius 2 is 2.04 bits per heavy atom. The first-order valence-corrected chi connectivity index (χ1v) is 8.99. The van der Waals surface area contributed by atoms with Crippen LogP contribution in [-0.4, -0.2) is 43.2 Å². The van der Waals surface area contributed by atoms with Gasteiger partial charge in [0.05, 0.1) is 30.2 Å². The number of nitrogens with zero attached hydrogens (tertiary/aromatic N) is 5. The van der Waals surface area contributed by atoms with E-state index in [9.17, 15) is 4.79 Å². The van der Waals surface area contributed by atoms with E-state index in [0.717, 1.165) is 42.1 Å². The Morgan fingerprint density at radius 3 is 2.77 bits per heavy atom. The van der Waals surface area contributed by atoms with Crippen LogP contribution < -0.4 is 0 Å². The first-order valence-electron chi connectivity index (χ1n) is 8.99. The number of aryl methyl sites for hydroxylation is 1. The Hall–Kier alpha value is -2.89. The van der Waals surface area contributed by atoms with Gasteiger partial charge in [-0.25, -0.2) is 9.67 Å². The second-order valence-corrected chi connectivity index (χ2v) is 6.87. The summed E-state index contributed by atoms with van der Waals surface area (Å²) in [5, 5.41) is 4.65. The highest BCUT2D eigenvalue weighted by Gasteiger charge is 2.28. The maximum absolute atomic E-state index is 12.8. The summed E-state index contributed by atoms with van der Waals surface area (Å²) in [7, 11) is 0. The normalized spacial score (nSPS) is 17.0. The number of benzene rings is 1. The third kappa shape index (κ3) is 3.03. The molecule has 6 heteroatoms. The lowest BCUT2D eigenvalue weighted by Gasteiger charge is -2.17. The van der Waals surface area contributed by atoms with Gasteiger partial charge in [0.2, 0.25) is 5.91 Å². The van der Waals surface area contributed by atoms with Crippen LogP contribution in [0.15, 0.2) is 49.1 Å². The average Bonchev–Trinajstić information content (AvgIpc) is 3.39. The van der Waals surface area contributed by atoms with Crippen LogP contribution in [0.2, 0.25) is 0 Å². The van der Waals surface area contributed by atoms with Crippen molar-refractivity contribution in [2.75, 3.05) is 13.1 Å². The van der Waals surface area contributed by atoms with E-state index in [0.29, 0.717) is 12.5 Å². The summed E-state index contributed by atoms with van der Waals surface area (Å²) in [5.74, 6) is 0.173. The molecule has 0 unspecified atom stereocenters. The molecule has 0 spiro atoms. The zero-order chi connectivity index (χ0) is 18.1. The van der Waals surface area contributed by atoms with Gasteiger partial charge < -0.3 is 9.47 Å². The third-order valence-corrected chi connectivity index (χ3v) is 5.23. The topological polar surface area (TPSA) is 56.0 Å².